The maximum atomic E-state index is 13.0. The highest BCUT2D eigenvalue weighted by molar-refractivity contribution is 7.13. The van der Waals surface area contributed by atoms with Gasteiger partial charge in [-0.05, 0) is 53.6 Å². The number of hydrogen-bond acceptors (Lipinski definition) is 5. The molecule has 0 spiro atoms. The topological polar surface area (TPSA) is 83.1 Å². The number of halogens is 3. The van der Waals surface area contributed by atoms with Crippen molar-refractivity contribution >= 4 is 39.7 Å². The molecule has 4 aromatic rings. The van der Waals surface area contributed by atoms with Crippen LogP contribution in [-0.4, -0.2) is 23.8 Å². The zero-order chi connectivity index (χ0) is 25.7. The van der Waals surface area contributed by atoms with E-state index in [2.05, 4.69) is 20.9 Å². The van der Waals surface area contributed by atoms with Gasteiger partial charge in [-0.25, -0.2) is 4.98 Å². The summed E-state index contributed by atoms with van der Waals surface area (Å²) in [5.74, 6) is -0.628. The molecule has 0 saturated heterocycles. The number of nitrogens with one attached hydrogen (secondary N) is 3. The van der Waals surface area contributed by atoms with Crippen LogP contribution in [0.15, 0.2) is 78.2 Å². The first kappa shape index (κ1) is 24.9. The minimum atomic E-state index is -4.43. The second-order valence-corrected chi connectivity index (χ2v) is 8.63. The molecule has 0 aliphatic heterocycles. The summed E-state index contributed by atoms with van der Waals surface area (Å²) in [4.78, 5) is 29.5. The highest BCUT2D eigenvalue weighted by Gasteiger charge is 2.30. The summed E-state index contributed by atoms with van der Waals surface area (Å²) in [5, 5.41) is 11.0. The summed E-state index contributed by atoms with van der Waals surface area (Å²) in [6, 6.07) is 18.0. The van der Waals surface area contributed by atoms with Crippen LogP contribution in [0.25, 0.3) is 11.1 Å². The van der Waals surface area contributed by atoms with E-state index in [9.17, 15) is 22.8 Å². The van der Waals surface area contributed by atoms with Gasteiger partial charge in [-0.2, -0.15) is 13.2 Å². The number of carbonyl (C=O) groups excluding carboxylic acids is 2. The number of carbonyl (C=O) groups is 2. The third kappa shape index (κ3) is 6.08. The van der Waals surface area contributed by atoms with Gasteiger partial charge >= 0.3 is 6.18 Å². The van der Waals surface area contributed by atoms with E-state index in [4.69, 9.17) is 0 Å². The third-order valence-electron chi connectivity index (χ3n) is 5.23. The van der Waals surface area contributed by atoms with E-state index in [1.165, 1.54) is 23.5 Å². The molecule has 184 valence electrons. The highest BCUT2D eigenvalue weighted by atomic mass is 32.1. The molecular weight excluding hydrogens is 489 g/mol. The Morgan fingerprint density at radius 3 is 2.14 bits per heavy atom. The van der Waals surface area contributed by atoms with Crippen LogP contribution in [0.1, 0.15) is 21.6 Å². The van der Waals surface area contributed by atoms with E-state index in [1.807, 2.05) is 5.38 Å². The number of hydrogen-bond donors (Lipinski definition) is 3. The largest absolute Gasteiger partial charge is 0.416 e. The highest BCUT2D eigenvalue weighted by Crippen LogP contribution is 2.32. The predicted octanol–water partition coefficient (Wildman–Crippen LogP) is 6.30. The van der Waals surface area contributed by atoms with Gasteiger partial charge in [0.1, 0.15) is 0 Å². The Morgan fingerprint density at radius 2 is 1.53 bits per heavy atom. The van der Waals surface area contributed by atoms with Crippen LogP contribution in [0.2, 0.25) is 0 Å². The van der Waals surface area contributed by atoms with E-state index >= 15 is 0 Å². The number of rotatable bonds is 7. The van der Waals surface area contributed by atoms with Crippen molar-refractivity contribution < 1.29 is 22.8 Å². The number of alkyl halides is 3. The van der Waals surface area contributed by atoms with Crippen LogP contribution < -0.4 is 16.0 Å². The Bertz CT molecular complexity index is 1370. The molecule has 2 amide bonds. The quantitative estimate of drug-likeness (QED) is 0.272. The van der Waals surface area contributed by atoms with Gasteiger partial charge in [0.2, 0.25) is 5.91 Å². The van der Waals surface area contributed by atoms with Crippen molar-refractivity contribution in [2.75, 3.05) is 23.0 Å². The van der Waals surface area contributed by atoms with Gasteiger partial charge in [0.15, 0.2) is 5.13 Å². The van der Waals surface area contributed by atoms with E-state index in [-0.39, 0.29) is 12.3 Å². The molecule has 0 aliphatic rings. The van der Waals surface area contributed by atoms with Crippen molar-refractivity contribution in [1.29, 1.82) is 0 Å². The summed E-state index contributed by atoms with van der Waals surface area (Å²) in [5.41, 5.74) is 2.29. The normalized spacial score (nSPS) is 11.1. The zero-order valence-electron chi connectivity index (χ0n) is 19.0. The Kier molecular flexibility index (Phi) is 7.35. The number of amides is 2. The standard InChI is InChI=1S/C26H21F3N4O2S/c1-30-25-33-20(15-36-25)14-23(34)31-18-10-12-19(13-11-18)32-24(35)22-5-3-2-4-21(22)16-6-8-17(9-7-16)26(27,28)29/h2-13,15H,14H2,1H3,(H,30,33)(H,31,34)(H,32,35). The second-order valence-electron chi connectivity index (χ2n) is 7.77. The number of benzene rings is 3. The van der Waals surface area contributed by atoms with Gasteiger partial charge in [-0.1, -0.05) is 30.3 Å². The maximum Gasteiger partial charge on any atom is 0.416 e. The zero-order valence-corrected chi connectivity index (χ0v) is 19.8. The number of aromatic nitrogens is 1. The lowest BCUT2D eigenvalue weighted by molar-refractivity contribution is -0.137. The van der Waals surface area contributed by atoms with Crippen molar-refractivity contribution in [2.45, 2.75) is 12.6 Å². The van der Waals surface area contributed by atoms with Crippen molar-refractivity contribution in [1.82, 2.24) is 4.98 Å². The molecule has 4 rings (SSSR count). The average molecular weight is 511 g/mol. The molecule has 1 aromatic heterocycles. The van der Waals surface area contributed by atoms with E-state index in [0.29, 0.717) is 33.8 Å². The number of anilines is 3. The Labute approximate surface area is 209 Å². The lowest BCUT2D eigenvalue weighted by atomic mass is 9.98. The van der Waals surface area contributed by atoms with Crippen molar-refractivity contribution in [2.24, 2.45) is 0 Å². The second kappa shape index (κ2) is 10.6. The lowest BCUT2D eigenvalue weighted by Gasteiger charge is -2.12. The fourth-order valence-corrected chi connectivity index (χ4v) is 4.15. The summed E-state index contributed by atoms with van der Waals surface area (Å²) in [7, 11) is 1.76. The predicted molar refractivity (Wildman–Crippen MR) is 135 cm³/mol. The first-order valence-electron chi connectivity index (χ1n) is 10.8. The van der Waals surface area contributed by atoms with Crippen LogP contribution in [0.4, 0.5) is 29.7 Å². The summed E-state index contributed by atoms with van der Waals surface area (Å²) >= 11 is 1.42. The fraction of sp³-hybridized carbons (Fsp3) is 0.115. The number of nitrogens with zero attached hydrogens (tertiary/aromatic N) is 1. The van der Waals surface area contributed by atoms with E-state index < -0.39 is 17.6 Å². The van der Waals surface area contributed by atoms with Gasteiger partial charge < -0.3 is 16.0 Å². The van der Waals surface area contributed by atoms with Crippen LogP contribution in [0.5, 0.6) is 0 Å². The third-order valence-corrected chi connectivity index (χ3v) is 6.14. The van der Waals surface area contributed by atoms with Crippen LogP contribution in [-0.2, 0) is 17.4 Å². The van der Waals surface area contributed by atoms with Crippen LogP contribution >= 0.6 is 11.3 Å². The Morgan fingerprint density at radius 1 is 0.889 bits per heavy atom. The van der Waals surface area contributed by atoms with Gasteiger partial charge in [0.25, 0.3) is 5.91 Å². The summed E-state index contributed by atoms with van der Waals surface area (Å²) < 4.78 is 38.7. The molecule has 0 fully saturated rings. The SMILES string of the molecule is CNc1nc(CC(=O)Nc2ccc(NC(=O)c3ccccc3-c3ccc(C(F)(F)F)cc3)cc2)cs1. The summed E-state index contributed by atoms with van der Waals surface area (Å²) in [6.45, 7) is 0. The van der Waals surface area contributed by atoms with Crippen molar-refractivity contribution in [3.63, 3.8) is 0 Å². The molecule has 0 atom stereocenters. The molecule has 0 radical (unpaired) electrons. The first-order valence-corrected chi connectivity index (χ1v) is 11.7. The molecular formula is C26H21F3N4O2S. The minimum absolute atomic E-state index is 0.136. The Balaban J connectivity index is 1.42. The summed E-state index contributed by atoms with van der Waals surface area (Å²) in [6.07, 6.45) is -4.30. The molecule has 10 heteroatoms. The van der Waals surface area contributed by atoms with Crippen molar-refractivity contribution in [3.05, 3.63) is 95.0 Å². The fourth-order valence-electron chi connectivity index (χ4n) is 3.48. The molecule has 0 saturated carbocycles. The molecule has 1 heterocycles. The smallest absolute Gasteiger partial charge is 0.365 e. The lowest BCUT2D eigenvalue weighted by Crippen LogP contribution is -2.15. The monoisotopic (exact) mass is 510 g/mol. The van der Waals surface area contributed by atoms with Gasteiger partial charge in [0, 0.05) is 29.4 Å². The van der Waals surface area contributed by atoms with Crippen LogP contribution in [0.3, 0.4) is 0 Å². The Hall–Kier alpha value is -4.18. The van der Waals surface area contributed by atoms with Crippen molar-refractivity contribution in [3.8, 4) is 11.1 Å². The number of thiazole rings is 1. The van der Waals surface area contributed by atoms with Gasteiger partial charge in [-0.15, -0.1) is 11.3 Å². The van der Waals surface area contributed by atoms with Gasteiger partial charge in [0.05, 0.1) is 17.7 Å². The van der Waals surface area contributed by atoms with Crippen LogP contribution in [0, 0.1) is 0 Å². The minimum Gasteiger partial charge on any atom is -0.365 e. The molecule has 36 heavy (non-hydrogen) atoms. The molecule has 6 nitrogen and oxygen atoms in total. The molecule has 3 aromatic carbocycles. The molecule has 0 aliphatic carbocycles. The van der Waals surface area contributed by atoms with Gasteiger partial charge in [-0.3, -0.25) is 9.59 Å². The molecule has 0 unspecified atom stereocenters. The average Bonchev–Trinajstić information content (AvgIpc) is 3.32. The molecule has 0 bridgehead atoms. The first-order chi connectivity index (χ1) is 17.2. The molecule has 3 N–H and O–H groups in total. The van der Waals surface area contributed by atoms with E-state index in [0.717, 1.165) is 17.3 Å². The maximum absolute atomic E-state index is 13.0. The van der Waals surface area contributed by atoms with E-state index in [1.54, 1.807) is 55.6 Å².